The number of alkyl halides is 6. The van der Waals surface area contributed by atoms with E-state index in [1.54, 1.807) is 6.07 Å². The Bertz CT molecular complexity index is 977. The molecule has 0 bridgehead atoms. The van der Waals surface area contributed by atoms with E-state index < -0.39 is 47.3 Å². The number of hydrogen-bond donors (Lipinski definition) is 2. The Morgan fingerprint density at radius 1 is 1.10 bits per heavy atom. The van der Waals surface area contributed by atoms with Gasteiger partial charge in [-0.15, -0.1) is 0 Å². The molecule has 1 unspecified atom stereocenters. The lowest BCUT2D eigenvalue weighted by Gasteiger charge is -2.24. The van der Waals surface area contributed by atoms with Gasteiger partial charge in [-0.3, -0.25) is 4.79 Å². The smallest absolute Gasteiger partial charge is 0.418 e. The summed E-state index contributed by atoms with van der Waals surface area (Å²) < 4.78 is 82.7. The minimum atomic E-state index is -4.89. The highest BCUT2D eigenvalue weighted by atomic mass is 19.4. The molecule has 30 heavy (non-hydrogen) atoms. The topological polar surface area (TPSA) is 82.3 Å². The first-order chi connectivity index (χ1) is 13.7. The molecule has 0 saturated carbocycles. The summed E-state index contributed by atoms with van der Waals surface area (Å²) in [5, 5.41) is 20.9. The Morgan fingerprint density at radius 2 is 1.77 bits per heavy atom. The van der Waals surface area contributed by atoms with Crippen LogP contribution in [0.15, 0.2) is 42.5 Å². The third kappa shape index (κ3) is 5.64. The molecule has 0 aliphatic rings. The lowest BCUT2D eigenvalue weighted by molar-refractivity contribution is -0.139. The Labute approximate surface area is 166 Å². The number of amides is 1. The summed E-state index contributed by atoms with van der Waals surface area (Å²) in [5.74, 6) is -1.59. The Balaban J connectivity index is 2.17. The number of carbonyl (C=O) groups is 1. The minimum absolute atomic E-state index is 0.292. The molecule has 1 atom stereocenters. The maximum absolute atomic E-state index is 13.2. The summed E-state index contributed by atoms with van der Waals surface area (Å²) in [5.41, 5.74) is -5.70. The third-order valence-electron chi connectivity index (χ3n) is 3.87. The van der Waals surface area contributed by atoms with Crippen molar-refractivity contribution >= 4 is 11.6 Å². The lowest BCUT2D eigenvalue weighted by atomic mass is 10.1. The SMILES string of the molecule is CC(O)(COc1cccc(C(F)(F)F)c1)C(=O)Nc1ccc(C#N)cc1C(F)(F)F. The number of nitrogens with zero attached hydrogens (tertiary/aromatic N) is 1. The van der Waals surface area contributed by atoms with Crippen molar-refractivity contribution in [2.24, 2.45) is 0 Å². The molecule has 0 aliphatic carbocycles. The zero-order valence-electron chi connectivity index (χ0n) is 15.2. The fraction of sp³-hybridized carbons (Fsp3) is 0.263. The van der Waals surface area contributed by atoms with Gasteiger partial charge in [-0.25, -0.2) is 0 Å². The molecule has 2 aromatic carbocycles. The number of rotatable bonds is 5. The number of halogens is 6. The van der Waals surface area contributed by atoms with Crippen LogP contribution in [0, 0.1) is 11.3 Å². The Hall–Kier alpha value is -3.26. The van der Waals surface area contributed by atoms with Gasteiger partial charge in [0, 0.05) is 0 Å². The number of benzene rings is 2. The molecule has 0 aliphatic heterocycles. The van der Waals surface area contributed by atoms with E-state index in [0.29, 0.717) is 12.1 Å². The standard InChI is InChI=1S/C19H14F6N2O3/c1-17(29,10-30-13-4-2-3-12(8-13)18(20,21)22)16(28)27-15-6-5-11(9-26)7-14(15)19(23,24)25/h2-8,29H,10H2,1H3,(H,27,28). The third-order valence-corrected chi connectivity index (χ3v) is 3.87. The molecule has 0 radical (unpaired) electrons. The normalized spacial score (nSPS) is 13.8. The summed E-state index contributed by atoms with van der Waals surface area (Å²) in [6.45, 7) is 0.0879. The van der Waals surface area contributed by atoms with Crippen LogP contribution < -0.4 is 10.1 Å². The number of nitriles is 1. The molecule has 2 N–H and O–H groups in total. The van der Waals surface area contributed by atoms with Gasteiger partial charge in [-0.05, 0) is 43.3 Å². The number of hydrogen-bond acceptors (Lipinski definition) is 4. The van der Waals surface area contributed by atoms with Crippen LogP contribution >= 0.6 is 0 Å². The van der Waals surface area contributed by atoms with Crippen LogP contribution in [0.25, 0.3) is 0 Å². The molecule has 0 fully saturated rings. The zero-order chi connectivity index (χ0) is 22.7. The van der Waals surface area contributed by atoms with Crippen LogP contribution in [-0.2, 0) is 17.1 Å². The van der Waals surface area contributed by atoms with Gasteiger partial charge in [0.15, 0.2) is 5.60 Å². The van der Waals surface area contributed by atoms with Crippen LogP contribution in [-0.4, -0.2) is 23.2 Å². The number of anilines is 1. The van der Waals surface area contributed by atoms with Gasteiger partial charge in [0.2, 0.25) is 0 Å². The van der Waals surface area contributed by atoms with Crippen molar-refractivity contribution < 1.29 is 41.0 Å². The average molecular weight is 432 g/mol. The molecular weight excluding hydrogens is 418 g/mol. The number of carbonyl (C=O) groups excluding carboxylic acids is 1. The van der Waals surface area contributed by atoms with E-state index in [1.165, 1.54) is 0 Å². The van der Waals surface area contributed by atoms with E-state index in [1.807, 2.05) is 5.32 Å². The molecule has 11 heteroatoms. The summed E-state index contributed by atoms with van der Waals surface area (Å²) in [6.07, 6.45) is -9.53. The van der Waals surface area contributed by atoms with Crippen LogP contribution in [0.4, 0.5) is 32.0 Å². The predicted molar refractivity (Wildman–Crippen MR) is 92.4 cm³/mol. The summed E-state index contributed by atoms with van der Waals surface area (Å²) in [7, 11) is 0. The second-order valence-electron chi connectivity index (χ2n) is 6.41. The van der Waals surface area contributed by atoms with Crippen molar-refractivity contribution in [1.29, 1.82) is 5.26 Å². The van der Waals surface area contributed by atoms with E-state index in [0.717, 1.165) is 37.3 Å². The molecule has 5 nitrogen and oxygen atoms in total. The number of aliphatic hydroxyl groups is 1. The number of nitrogens with one attached hydrogen (secondary N) is 1. The summed E-state index contributed by atoms with van der Waals surface area (Å²) >= 11 is 0. The largest absolute Gasteiger partial charge is 0.490 e. The Kier molecular flexibility index (Phi) is 6.32. The fourth-order valence-electron chi connectivity index (χ4n) is 2.27. The van der Waals surface area contributed by atoms with E-state index in [-0.39, 0.29) is 11.3 Å². The monoisotopic (exact) mass is 432 g/mol. The van der Waals surface area contributed by atoms with E-state index in [4.69, 9.17) is 10.00 Å². The van der Waals surface area contributed by atoms with Gasteiger partial charge in [0.25, 0.3) is 5.91 Å². The van der Waals surface area contributed by atoms with Crippen LogP contribution in [0.1, 0.15) is 23.6 Å². The first-order valence-electron chi connectivity index (χ1n) is 8.19. The molecule has 2 rings (SSSR count). The molecule has 0 spiro atoms. The fourth-order valence-corrected chi connectivity index (χ4v) is 2.27. The van der Waals surface area contributed by atoms with Gasteiger partial charge in [0.1, 0.15) is 12.4 Å². The second kappa shape index (κ2) is 8.23. The molecule has 2 aromatic rings. The van der Waals surface area contributed by atoms with Crippen molar-refractivity contribution in [3.05, 3.63) is 59.2 Å². The van der Waals surface area contributed by atoms with E-state index in [2.05, 4.69) is 0 Å². The molecule has 0 saturated heterocycles. The lowest BCUT2D eigenvalue weighted by Crippen LogP contribution is -2.45. The van der Waals surface area contributed by atoms with Crippen LogP contribution in [0.2, 0.25) is 0 Å². The first-order valence-corrected chi connectivity index (χ1v) is 8.19. The van der Waals surface area contributed by atoms with Gasteiger partial charge in [-0.1, -0.05) is 6.07 Å². The highest BCUT2D eigenvalue weighted by molar-refractivity contribution is 5.97. The highest BCUT2D eigenvalue weighted by Gasteiger charge is 2.37. The maximum atomic E-state index is 13.2. The summed E-state index contributed by atoms with van der Waals surface area (Å²) in [6, 6.07) is 7.62. The molecular formula is C19H14F6N2O3. The van der Waals surface area contributed by atoms with Crippen LogP contribution in [0.5, 0.6) is 5.75 Å². The van der Waals surface area contributed by atoms with Crippen molar-refractivity contribution in [2.45, 2.75) is 24.9 Å². The quantitative estimate of drug-likeness (QED) is 0.688. The first kappa shape index (κ1) is 23.0. The van der Waals surface area contributed by atoms with Crippen molar-refractivity contribution in [3.63, 3.8) is 0 Å². The minimum Gasteiger partial charge on any atom is -0.490 e. The molecule has 1 amide bonds. The maximum Gasteiger partial charge on any atom is 0.418 e. The average Bonchev–Trinajstić information content (AvgIpc) is 2.65. The Morgan fingerprint density at radius 3 is 2.33 bits per heavy atom. The number of ether oxygens (including phenoxy) is 1. The zero-order valence-corrected chi connectivity index (χ0v) is 15.2. The van der Waals surface area contributed by atoms with E-state index >= 15 is 0 Å². The van der Waals surface area contributed by atoms with Gasteiger partial charge < -0.3 is 15.2 Å². The summed E-state index contributed by atoms with van der Waals surface area (Å²) in [4.78, 5) is 12.3. The highest BCUT2D eigenvalue weighted by Crippen LogP contribution is 2.36. The van der Waals surface area contributed by atoms with Crippen molar-refractivity contribution in [2.75, 3.05) is 11.9 Å². The van der Waals surface area contributed by atoms with Crippen LogP contribution in [0.3, 0.4) is 0 Å². The predicted octanol–water partition coefficient (Wildman–Crippen LogP) is 4.36. The van der Waals surface area contributed by atoms with Gasteiger partial charge >= 0.3 is 12.4 Å². The molecule has 0 aromatic heterocycles. The van der Waals surface area contributed by atoms with Gasteiger partial charge in [-0.2, -0.15) is 31.6 Å². The van der Waals surface area contributed by atoms with E-state index in [9.17, 15) is 36.2 Å². The molecule has 0 heterocycles. The van der Waals surface area contributed by atoms with Crippen molar-refractivity contribution in [1.82, 2.24) is 0 Å². The van der Waals surface area contributed by atoms with Crippen molar-refractivity contribution in [3.8, 4) is 11.8 Å². The molecule has 160 valence electrons. The van der Waals surface area contributed by atoms with Gasteiger partial charge in [0.05, 0.1) is 28.4 Å². The second-order valence-corrected chi connectivity index (χ2v) is 6.41.